The van der Waals surface area contributed by atoms with Gasteiger partial charge in [-0.2, -0.15) is 0 Å². The lowest BCUT2D eigenvalue weighted by Gasteiger charge is -2.18. The number of ether oxygens (including phenoxy) is 5. The minimum absolute atomic E-state index is 0.151. The highest BCUT2D eigenvalue weighted by atomic mass is 16.7. The number of rotatable bonds is 8. The summed E-state index contributed by atoms with van der Waals surface area (Å²) in [6, 6.07) is 12.0. The van der Waals surface area contributed by atoms with E-state index >= 15 is 0 Å². The van der Waals surface area contributed by atoms with Crippen LogP contribution in [0.15, 0.2) is 76.4 Å². The summed E-state index contributed by atoms with van der Waals surface area (Å²) in [6.07, 6.45) is 3.13. The number of methoxy groups -OCH3 is 1. The van der Waals surface area contributed by atoms with Crippen LogP contribution in [0.5, 0.6) is 17.2 Å². The van der Waals surface area contributed by atoms with Gasteiger partial charge >= 0.3 is 0 Å². The lowest BCUT2D eigenvalue weighted by Crippen LogP contribution is -2.21. The zero-order chi connectivity index (χ0) is 22.7. The van der Waals surface area contributed by atoms with Gasteiger partial charge in [-0.3, -0.25) is 4.79 Å². The molecule has 0 saturated heterocycles. The van der Waals surface area contributed by atoms with E-state index in [2.05, 4.69) is 6.58 Å². The van der Waals surface area contributed by atoms with Gasteiger partial charge in [0.15, 0.2) is 11.2 Å². The van der Waals surface area contributed by atoms with Crippen LogP contribution in [0.4, 0.5) is 0 Å². The van der Waals surface area contributed by atoms with Crippen LogP contribution in [-0.4, -0.2) is 26.1 Å². The Morgan fingerprint density at radius 1 is 1.06 bits per heavy atom. The van der Waals surface area contributed by atoms with Gasteiger partial charge in [0.05, 0.1) is 7.11 Å². The largest absolute Gasteiger partial charge is 0.497 e. The van der Waals surface area contributed by atoms with Crippen molar-refractivity contribution < 1.29 is 28.1 Å². The molecule has 0 radical (unpaired) electrons. The first kappa shape index (κ1) is 21.4. The highest BCUT2D eigenvalue weighted by molar-refractivity contribution is 5.86. The van der Waals surface area contributed by atoms with E-state index in [0.29, 0.717) is 39.7 Å². The molecule has 166 valence electrons. The van der Waals surface area contributed by atoms with Crippen molar-refractivity contribution >= 4 is 11.0 Å². The van der Waals surface area contributed by atoms with Crippen molar-refractivity contribution in [3.63, 3.8) is 0 Å². The topological polar surface area (TPSA) is 76.4 Å². The van der Waals surface area contributed by atoms with Gasteiger partial charge in [0.1, 0.15) is 53.5 Å². The Labute approximate surface area is 185 Å². The van der Waals surface area contributed by atoms with E-state index in [4.69, 9.17) is 28.1 Å². The predicted molar refractivity (Wildman–Crippen MR) is 120 cm³/mol. The van der Waals surface area contributed by atoms with Gasteiger partial charge in [-0.05, 0) is 24.3 Å². The molecule has 0 atom stereocenters. The molecule has 0 bridgehead atoms. The molecule has 2 aromatic carbocycles. The minimum Gasteiger partial charge on any atom is -0.497 e. The normalized spacial score (nSPS) is 14.3. The second kappa shape index (κ2) is 8.70. The highest BCUT2D eigenvalue weighted by Crippen LogP contribution is 2.33. The lowest BCUT2D eigenvalue weighted by atomic mass is 10.1. The quantitative estimate of drug-likeness (QED) is 0.458. The summed E-state index contributed by atoms with van der Waals surface area (Å²) in [5.41, 5.74) is 0.867. The van der Waals surface area contributed by atoms with Crippen molar-refractivity contribution in [2.45, 2.75) is 19.6 Å². The fourth-order valence-electron chi connectivity index (χ4n) is 3.26. The van der Waals surface area contributed by atoms with Crippen LogP contribution in [0.25, 0.3) is 22.3 Å². The molecule has 0 fully saturated rings. The van der Waals surface area contributed by atoms with Crippen molar-refractivity contribution in [2.75, 3.05) is 20.3 Å². The molecule has 1 aromatic heterocycles. The first-order chi connectivity index (χ1) is 15.4. The van der Waals surface area contributed by atoms with Crippen molar-refractivity contribution in [2.24, 2.45) is 0 Å². The van der Waals surface area contributed by atoms with E-state index in [0.717, 1.165) is 5.56 Å². The molecule has 3 aromatic rings. The van der Waals surface area contributed by atoms with Gasteiger partial charge in [0.2, 0.25) is 5.79 Å². The summed E-state index contributed by atoms with van der Waals surface area (Å²) in [5.74, 6) is 1.78. The SMILES string of the molecule is C=CCOc1cc(OCC2=COC(C)(C)O2)cc2oc(-c3ccc(OC)cc3)cc(=O)c12. The summed E-state index contributed by atoms with van der Waals surface area (Å²) in [7, 11) is 1.59. The van der Waals surface area contributed by atoms with Gasteiger partial charge in [-0.1, -0.05) is 12.7 Å². The van der Waals surface area contributed by atoms with E-state index in [-0.39, 0.29) is 18.6 Å². The Morgan fingerprint density at radius 3 is 2.50 bits per heavy atom. The van der Waals surface area contributed by atoms with E-state index in [1.54, 1.807) is 37.5 Å². The average molecular weight is 436 g/mol. The first-order valence-electron chi connectivity index (χ1n) is 10.1. The summed E-state index contributed by atoms with van der Waals surface area (Å²) in [5, 5.41) is 0.331. The van der Waals surface area contributed by atoms with Crippen molar-refractivity contribution in [1.82, 2.24) is 0 Å². The molecule has 1 aliphatic heterocycles. The van der Waals surface area contributed by atoms with Gasteiger partial charge in [-0.15, -0.1) is 0 Å². The Morgan fingerprint density at radius 2 is 1.84 bits per heavy atom. The molecular weight excluding hydrogens is 412 g/mol. The minimum atomic E-state index is -0.722. The number of hydrogen-bond acceptors (Lipinski definition) is 7. The molecule has 0 amide bonds. The molecule has 0 saturated carbocycles. The second-order valence-corrected chi connectivity index (χ2v) is 7.59. The third-order valence-corrected chi connectivity index (χ3v) is 4.73. The van der Waals surface area contributed by atoms with E-state index in [9.17, 15) is 4.79 Å². The maximum atomic E-state index is 13.0. The smallest absolute Gasteiger partial charge is 0.244 e. The van der Waals surface area contributed by atoms with Crippen LogP contribution in [0, 0.1) is 0 Å². The molecule has 32 heavy (non-hydrogen) atoms. The van der Waals surface area contributed by atoms with Crippen LogP contribution in [0.1, 0.15) is 13.8 Å². The zero-order valence-corrected chi connectivity index (χ0v) is 18.2. The summed E-state index contributed by atoms with van der Waals surface area (Å²) >= 11 is 0. The van der Waals surface area contributed by atoms with E-state index in [1.807, 2.05) is 26.0 Å². The van der Waals surface area contributed by atoms with Crippen molar-refractivity contribution in [3.05, 3.63) is 77.4 Å². The fraction of sp³-hybridized carbons (Fsp3) is 0.240. The van der Waals surface area contributed by atoms with E-state index in [1.165, 1.54) is 12.3 Å². The molecule has 1 aliphatic rings. The molecule has 4 rings (SSSR count). The van der Waals surface area contributed by atoms with Crippen LogP contribution >= 0.6 is 0 Å². The number of benzene rings is 2. The summed E-state index contributed by atoms with van der Waals surface area (Å²) in [4.78, 5) is 13.0. The van der Waals surface area contributed by atoms with Gasteiger partial charge in [0, 0.05) is 37.6 Å². The Bertz CT molecular complexity index is 1220. The lowest BCUT2D eigenvalue weighted by molar-refractivity contribution is -0.119. The molecule has 2 heterocycles. The van der Waals surface area contributed by atoms with Crippen molar-refractivity contribution in [1.29, 1.82) is 0 Å². The summed E-state index contributed by atoms with van der Waals surface area (Å²) in [6.45, 7) is 7.66. The maximum absolute atomic E-state index is 13.0. The third kappa shape index (κ3) is 4.56. The molecular formula is C25H24O7. The van der Waals surface area contributed by atoms with Crippen LogP contribution in [-0.2, 0) is 9.47 Å². The van der Waals surface area contributed by atoms with Crippen molar-refractivity contribution in [3.8, 4) is 28.6 Å². The van der Waals surface area contributed by atoms with Crippen LogP contribution in [0.3, 0.4) is 0 Å². The van der Waals surface area contributed by atoms with Gasteiger partial charge < -0.3 is 28.1 Å². The Hall–Kier alpha value is -3.87. The standard InChI is InChI=1S/C25H24O7/c1-5-10-28-22-11-18(29-14-19-15-30-25(2,3)32-19)12-23-24(22)20(26)13-21(31-23)16-6-8-17(27-4)9-7-16/h5-9,11-13,15H,1,10,14H2,2-4H3. The predicted octanol–water partition coefficient (Wildman–Crippen LogP) is 5.04. The second-order valence-electron chi connectivity index (χ2n) is 7.59. The Balaban J connectivity index is 1.71. The fourth-order valence-corrected chi connectivity index (χ4v) is 3.26. The molecule has 7 heteroatoms. The van der Waals surface area contributed by atoms with Crippen LogP contribution < -0.4 is 19.6 Å². The molecule has 0 spiro atoms. The average Bonchev–Trinajstić information content (AvgIpc) is 3.14. The number of fused-ring (bicyclic) bond motifs is 1. The van der Waals surface area contributed by atoms with Gasteiger partial charge in [0.25, 0.3) is 0 Å². The maximum Gasteiger partial charge on any atom is 0.244 e. The first-order valence-corrected chi connectivity index (χ1v) is 10.1. The van der Waals surface area contributed by atoms with Gasteiger partial charge in [-0.25, -0.2) is 0 Å². The zero-order valence-electron chi connectivity index (χ0n) is 18.2. The Kier molecular flexibility index (Phi) is 5.81. The molecule has 7 nitrogen and oxygen atoms in total. The molecule has 0 unspecified atom stereocenters. The molecule has 0 N–H and O–H groups in total. The monoisotopic (exact) mass is 436 g/mol. The van der Waals surface area contributed by atoms with Crippen LogP contribution in [0.2, 0.25) is 0 Å². The third-order valence-electron chi connectivity index (χ3n) is 4.73. The van der Waals surface area contributed by atoms with E-state index < -0.39 is 5.79 Å². The number of hydrogen-bond donors (Lipinski definition) is 0. The molecule has 0 aliphatic carbocycles. The highest BCUT2D eigenvalue weighted by Gasteiger charge is 2.27. The summed E-state index contributed by atoms with van der Waals surface area (Å²) < 4.78 is 33.9.